The van der Waals surface area contributed by atoms with Crippen molar-refractivity contribution in [2.24, 2.45) is 4.99 Å². The molecule has 0 amide bonds. The quantitative estimate of drug-likeness (QED) is 0.349. The molecule has 9 heteroatoms. The van der Waals surface area contributed by atoms with Crippen molar-refractivity contribution in [3.63, 3.8) is 0 Å². The SMILES string of the molecule is CCN(CC)c1ccc(/C=c2\sc3n(c2=O)[C@H](c2cc(Br)ccc2OC)C(C(=O)OC(C)C)=C(C)N=3)cc1. The van der Waals surface area contributed by atoms with Gasteiger partial charge in [0.15, 0.2) is 4.80 Å². The van der Waals surface area contributed by atoms with E-state index in [1.54, 1.807) is 32.4 Å². The maximum Gasteiger partial charge on any atom is 0.338 e. The highest BCUT2D eigenvalue weighted by atomic mass is 79.9. The number of esters is 1. The molecule has 2 aromatic carbocycles. The predicted molar refractivity (Wildman–Crippen MR) is 156 cm³/mol. The van der Waals surface area contributed by atoms with Crippen LogP contribution in [-0.4, -0.2) is 36.8 Å². The molecule has 0 saturated heterocycles. The van der Waals surface area contributed by atoms with Crippen molar-refractivity contribution in [2.45, 2.75) is 46.8 Å². The molecule has 2 heterocycles. The summed E-state index contributed by atoms with van der Waals surface area (Å²) in [5, 5.41) is 0. The Morgan fingerprint density at radius 1 is 1.18 bits per heavy atom. The minimum absolute atomic E-state index is 0.226. The lowest BCUT2D eigenvalue weighted by atomic mass is 9.95. The van der Waals surface area contributed by atoms with E-state index in [-0.39, 0.29) is 11.7 Å². The van der Waals surface area contributed by atoms with Gasteiger partial charge in [-0.15, -0.1) is 0 Å². The van der Waals surface area contributed by atoms with Crippen molar-refractivity contribution in [1.82, 2.24) is 4.57 Å². The summed E-state index contributed by atoms with van der Waals surface area (Å²) in [4.78, 5) is 34.7. The molecule has 1 atom stereocenters. The van der Waals surface area contributed by atoms with Gasteiger partial charge in [0.1, 0.15) is 11.8 Å². The molecule has 1 aliphatic rings. The van der Waals surface area contributed by atoms with Gasteiger partial charge in [0, 0.05) is 28.8 Å². The van der Waals surface area contributed by atoms with Gasteiger partial charge in [0.05, 0.1) is 29.0 Å². The fourth-order valence-electron chi connectivity index (χ4n) is 4.59. The number of benzene rings is 2. The summed E-state index contributed by atoms with van der Waals surface area (Å²) in [5.41, 5.74) is 3.33. The number of ether oxygens (including phenoxy) is 2. The van der Waals surface area contributed by atoms with Crippen LogP contribution in [0.15, 0.2) is 68.0 Å². The highest BCUT2D eigenvalue weighted by molar-refractivity contribution is 9.10. The first-order chi connectivity index (χ1) is 18.2. The van der Waals surface area contributed by atoms with Gasteiger partial charge < -0.3 is 14.4 Å². The van der Waals surface area contributed by atoms with Crippen LogP contribution in [0.1, 0.15) is 51.8 Å². The van der Waals surface area contributed by atoms with Crippen molar-refractivity contribution in [1.29, 1.82) is 0 Å². The van der Waals surface area contributed by atoms with Gasteiger partial charge in [0.25, 0.3) is 5.56 Å². The molecule has 0 radical (unpaired) electrons. The highest BCUT2D eigenvalue weighted by Crippen LogP contribution is 2.37. The Balaban J connectivity index is 1.91. The van der Waals surface area contributed by atoms with E-state index in [1.165, 1.54) is 11.3 Å². The Bertz CT molecular complexity index is 1550. The summed E-state index contributed by atoms with van der Waals surface area (Å²) in [5.74, 6) is 0.0545. The Hall–Kier alpha value is -3.17. The standard InChI is InChI=1S/C29H32BrN3O4S/c1-7-32(8-2)21-12-9-19(10-13-21)15-24-27(34)33-26(22-16-20(30)11-14-23(22)36-6)25(28(35)37-17(3)4)18(5)31-29(33)38-24/h9-17,26H,7-8H2,1-6H3/b24-15-/t26-/m1/s1. The van der Waals surface area contributed by atoms with E-state index >= 15 is 0 Å². The molecule has 0 unspecified atom stereocenters. The van der Waals surface area contributed by atoms with E-state index in [2.05, 4.69) is 51.8 Å². The fourth-order valence-corrected chi connectivity index (χ4v) is 6.02. The summed E-state index contributed by atoms with van der Waals surface area (Å²) < 4.78 is 14.2. The number of halogens is 1. The number of fused-ring (bicyclic) bond motifs is 1. The number of hydrogen-bond donors (Lipinski definition) is 0. The average Bonchev–Trinajstić information content (AvgIpc) is 3.18. The minimum atomic E-state index is -0.753. The zero-order chi connectivity index (χ0) is 27.6. The molecular weight excluding hydrogens is 566 g/mol. The smallest absolute Gasteiger partial charge is 0.338 e. The van der Waals surface area contributed by atoms with Crippen molar-refractivity contribution >= 4 is 45.0 Å². The summed E-state index contributed by atoms with van der Waals surface area (Å²) in [6, 6.07) is 12.9. The van der Waals surface area contributed by atoms with Crippen molar-refractivity contribution in [3.8, 4) is 5.75 Å². The van der Waals surface area contributed by atoms with Gasteiger partial charge in [-0.1, -0.05) is 39.4 Å². The number of allylic oxidation sites excluding steroid dienone is 1. The Morgan fingerprint density at radius 2 is 1.87 bits per heavy atom. The monoisotopic (exact) mass is 597 g/mol. The number of methoxy groups -OCH3 is 1. The number of nitrogens with zero attached hydrogens (tertiary/aromatic N) is 3. The van der Waals surface area contributed by atoms with Gasteiger partial charge in [-0.05, 0) is 76.6 Å². The molecular formula is C29H32BrN3O4S. The third kappa shape index (κ3) is 5.49. The van der Waals surface area contributed by atoms with Crippen LogP contribution >= 0.6 is 27.3 Å². The van der Waals surface area contributed by atoms with Gasteiger partial charge in [-0.3, -0.25) is 9.36 Å². The molecule has 1 aliphatic heterocycles. The van der Waals surface area contributed by atoms with Gasteiger partial charge >= 0.3 is 5.97 Å². The molecule has 4 rings (SSSR count). The Labute approximate surface area is 234 Å². The molecule has 38 heavy (non-hydrogen) atoms. The van der Waals surface area contributed by atoms with Crippen molar-refractivity contribution in [3.05, 3.63) is 89.0 Å². The first kappa shape index (κ1) is 27.9. The van der Waals surface area contributed by atoms with Gasteiger partial charge in [0.2, 0.25) is 0 Å². The predicted octanol–water partition coefficient (Wildman–Crippen LogP) is 4.80. The van der Waals surface area contributed by atoms with Crippen LogP contribution in [-0.2, 0) is 9.53 Å². The van der Waals surface area contributed by atoms with Crippen LogP contribution in [0.25, 0.3) is 6.08 Å². The first-order valence-corrected chi connectivity index (χ1v) is 14.2. The number of rotatable bonds is 8. The molecule has 0 bridgehead atoms. The number of hydrogen-bond acceptors (Lipinski definition) is 7. The normalized spacial score (nSPS) is 15.4. The average molecular weight is 599 g/mol. The Kier molecular flexibility index (Phi) is 8.57. The topological polar surface area (TPSA) is 73.1 Å². The molecule has 7 nitrogen and oxygen atoms in total. The third-order valence-corrected chi connectivity index (χ3v) is 7.87. The number of carbonyl (C=O) groups excluding carboxylic acids is 1. The summed E-state index contributed by atoms with van der Waals surface area (Å²) in [7, 11) is 1.57. The molecule has 3 aromatic rings. The lowest BCUT2D eigenvalue weighted by Gasteiger charge is -2.26. The van der Waals surface area contributed by atoms with Crippen LogP contribution in [0.2, 0.25) is 0 Å². The van der Waals surface area contributed by atoms with Crippen LogP contribution in [0.4, 0.5) is 5.69 Å². The van der Waals surface area contributed by atoms with E-state index in [0.29, 0.717) is 31.9 Å². The highest BCUT2D eigenvalue weighted by Gasteiger charge is 2.35. The zero-order valence-corrected chi connectivity index (χ0v) is 24.9. The van der Waals surface area contributed by atoms with Crippen LogP contribution in [0, 0.1) is 0 Å². The lowest BCUT2D eigenvalue weighted by Crippen LogP contribution is -2.40. The number of carbonyl (C=O) groups is 1. The molecule has 0 saturated carbocycles. The van der Waals surface area contributed by atoms with Crippen LogP contribution in [0.3, 0.4) is 0 Å². The summed E-state index contributed by atoms with van der Waals surface area (Å²) in [6.07, 6.45) is 1.55. The molecule has 200 valence electrons. The fraction of sp³-hybridized carbons (Fsp3) is 0.345. The third-order valence-electron chi connectivity index (χ3n) is 6.39. The molecule has 0 N–H and O–H groups in total. The second-order valence-corrected chi connectivity index (χ2v) is 11.1. The largest absolute Gasteiger partial charge is 0.496 e. The van der Waals surface area contributed by atoms with Crippen molar-refractivity contribution in [2.75, 3.05) is 25.1 Å². The van der Waals surface area contributed by atoms with E-state index in [1.807, 2.05) is 36.4 Å². The summed E-state index contributed by atoms with van der Waals surface area (Å²) >= 11 is 4.84. The van der Waals surface area contributed by atoms with Gasteiger partial charge in [-0.2, -0.15) is 0 Å². The summed E-state index contributed by atoms with van der Waals surface area (Å²) in [6.45, 7) is 11.5. The first-order valence-electron chi connectivity index (χ1n) is 12.6. The van der Waals surface area contributed by atoms with E-state index < -0.39 is 12.0 Å². The van der Waals surface area contributed by atoms with Gasteiger partial charge in [-0.25, -0.2) is 9.79 Å². The Morgan fingerprint density at radius 3 is 2.47 bits per heavy atom. The number of thiazole rings is 1. The van der Waals surface area contributed by atoms with E-state index in [0.717, 1.165) is 28.8 Å². The van der Waals surface area contributed by atoms with E-state index in [9.17, 15) is 9.59 Å². The zero-order valence-electron chi connectivity index (χ0n) is 22.4. The minimum Gasteiger partial charge on any atom is -0.496 e. The maximum atomic E-state index is 13.9. The maximum absolute atomic E-state index is 13.9. The number of aromatic nitrogens is 1. The van der Waals surface area contributed by atoms with E-state index in [4.69, 9.17) is 9.47 Å². The van der Waals surface area contributed by atoms with Crippen molar-refractivity contribution < 1.29 is 14.3 Å². The molecule has 0 spiro atoms. The second-order valence-electron chi connectivity index (χ2n) is 9.19. The van der Waals surface area contributed by atoms with Crippen LogP contribution < -0.4 is 24.5 Å². The molecule has 0 fully saturated rings. The molecule has 1 aromatic heterocycles. The lowest BCUT2D eigenvalue weighted by molar-refractivity contribution is -0.143. The van der Waals surface area contributed by atoms with Crippen LogP contribution in [0.5, 0.6) is 5.75 Å². The number of anilines is 1. The second kappa shape index (κ2) is 11.7. The molecule has 0 aliphatic carbocycles.